The third-order valence-electron chi connectivity index (χ3n) is 2.85. The number of benzene rings is 2. The fraction of sp³-hybridized carbons (Fsp3) is 0.125. The van der Waals surface area contributed by atoms with Gasteiger partial charge in [0, 0.05) is 18.2 Å². The van der Waals surface area contributed by atoms with Gasteiger partial charge in [0.1, 0.15) is 0 Å². The number of rotatable bonds is 3. The number of carbonyl (C=O) groups is 2. The third-order valence-corrected chi connectivity index (χ3v) is 3.18. The lowest BCUT2D eigenvalue weighted by atomic mass is 10.1. The molecule has 108 valence electrons. The van der Waals surface area contributed by atoms with Gasteiger partial charge in [-0.05, 0) is 37.3 Å². The molecule has 0 heterocycles. The number of amides is 2. The summed E-state index contributed by atoms with van der Waals surface area (Å²) in [5.41, 5.74) is 2.65. The van der Waals surface area contributed by atoms with E-state index in [0.29, 0.717) is 22.0 Å². The van der Waals surface area contributed by atoms with Gasteiger partial charge in [-0.2, -0.15) is 0 Å². The highest BCUT2D eigenvalue weighted by Crippen LogP contribution is 2.26. The van der Waals surface area contributed by atoms with Gasteiger partial charge in [0.15, 0.2) is 0 Å². The molecule has 0 atom stereocenters. The second-order valence-corrected chi connectivity index (χ2v) is 5.10. The van der Waals surface area contributed by atoms with E-state index in [1.165, 1.54) is 6.92 Å². The third kappa shape index (κ3) is 4.07. The van der Waals surface area contributed by atoms with E-state index in [1.54, 1.807) is 30.3 Å². The molecule has 0 radical (unpaired) electrons. The fourth-order valence-corrected chi connectivity index (χ4v) is 1.97. The van der Waals surface area contributed by atoms with Gasteiger partial charge in [0.25, 0.3) is 5.91 Å². The first-order valence-electron chi connectivity index (χ1n) is 6.41. The molecule has 0 spiro atoms. The molecule has 0 saturated carbocycles. The first-order valence-corrected chi connectivity index (χ1v) is 6.78. The molecule has 0 aliphatic rings. The number of carbonyl (C=O) groups excluding carboxylic acids is 2. The summed E-state index contributed by atoms with van der Waals surface area (Å²) in [5.74, 6) is -0.440. The summed E-state index contributed by atoms with van der Waals surface area (Å²) >= 11 is 6.06. The molecule has 0 bridgehead atoms. The summed E-state index contributed by atoms with van der Waals surface area (Å²) in [6, 6.07) is 12.1. The van der Waals surface area contributed by atoms with Crippen molar-refractivity contribution in [1.29, 1.82) is 0 Å². The molecule has 2 amide bonds. The van der Waals surface area contributed by atoms with Crippen molar-refractivity contribution in [2.45, 2.75) is 13.8 Å². The van der Waals surface area contributed by atoms with Crippen molar-refractivity contribution < 1.29 is 9.59 Å². The zero-order chi connectivity index (χ0) is 15.4. The normalized spacial score (nSPS) is 10.0. The molecule has 2 rings (SSSR count). The molecule has 0 aromatic heterocycles. The van der Waals surface area contributed by atoms with E-state index < -0.39 is 0 Å². The van der Waals surface area contributed by atoms with Gasteiger partial charge in [-0.15, -0.1) is 0 Å². The van der Waals surface area contributed by atoms with Gasteiger partial charge in [0.2, 0.25) is 5.91 Å². The number of hydrogen-bond donors (Lipinski definition) is 2. The van der Waals surface area contributed by atoms with E-state index in [9.17, 15) is 9.59 Å². The van der Waals surface area contributed by atoms with Crippen LogP contribution in [0.3, 0.4) is 0 Å². The number of aryl methyl sites for hydroxylation is 1. The van der Waals surface area contributed by atoms with Crippen LogP contribution in [-0.4, -0.2) is 11.8 Å². The Labute approximate surface area is 128 Å². The smallest absolute Gasteiger partial charge is 0.255 e. The number of halogens is 1. The molecular weight excluding hydrogens is 288 g/mol. The zero-order valence-corrected chi connectivity index (χ0v) is 12.5. The van der Waals surface area contributed by atoms with Crippen molar-refractivity contribution in [3.63, 3.8) is 0 Å². The molecule has 21 heavy (non-hydrogen) atoms. The van der Waals surface area contributed by atoms with Gasteiger partial charge in [-0.1, -0.05) is 29.3 Å². The van der Waals surface area contributed by atoms with Gasteiger partial charge in [-0.3, -0.25) is 9.59 Å². The van der Waals surface area contributed by atoms with Crippen LogP contribution in [0.15, 0.2) is 42.5 Å². The number of nitrogens with one attached hydrogen (secondary N) is 2. The SMILES string of the molecule is CC(=O)Nc1ccc(Cl)c(NC(=O)c2ccc(C)cc2)c1. The lowest BCUT2D eigenvalue weighted by Crippen LogP contribution is -2.13. The lowest BCUT2D eigenvalue weighted by molar-refractivity contribution is -0.114. The highest BCUT2D eigenvalue weighted by atomic mass is 35.5. The molecule has 2 N–H and O–H groups in total. The van der Waals surface area contributed by atoms with Crippen molar-refractivity contribution in [3.05, 3.63) is 58.6 Å². The van der Waals surface area contributed by atoms with Crippen molar-refractivity contribution in [3.8, 4) is 0 Å². The van der Waals surface area contributed by atoms with Gasteiger partial charge < -0.3 is 10.6 Å². The van der Waals surface area contributed by atoms with E-state index in [2.05, 4.69) is 10.6 Å². The Hall–Kier alpha value is -2.33. The van der Waals surface area contributed by atoms with Crippen LogP contribution < -0.4 is 10.6 Å². The van der Waals surface area contributed by atoms with Crippen LogP contribution in [-0.2, 0) is 4.79 Å². The van der Waals surface area contributed by atoms with E-state index in [0.717, 1.165) is 5.56 Å². The molecule has 2 aromatic carbocycles. The lowest BCUT2D eigenvalue weighted by Gasteiger charge is -2.10. The predicted molar refractivity (Wildman–Crippen MR) is 84.9 cm³/mol. The zero-order valence-electron chi connectivity index (χ0n) is 11.7. The molecule has 5 heteroatoms. The highest BCUT2D eigenvalue weighted by Gasteiger charge is 2.09. The van der Waals surface area contributed by atoms with Crippen LogP contribution in [0.25, 0.3) is 0 Å². The molecule has 0 aliphatic carbocycles. The van der Waals surface area contributed by atoms with Crippen molar-refractivity contribution in [2.24, 2.45) is 0 Å². The Morgan fingerprint density at radius 3 is 2.29 bits per heavy atom. The molecule has 0 unspecified atom stereocenters. The van der Waals surface area contributed by atoms with Crippen molar-refractivity contribution in [1.82, 2.24) is 0 Å². The topological polar surface area (TPSA) is 58.2 Å². The monoisotopic (exact) mass is 302 g/mol. The molecule has 4 nitrogen and oxygen atoms in total. The van der Waals surface area contributed by atoms with Gasteiger partial charge in [0.05, 0.1) is 10.7 Å². The van der Waals surface area contributed by atoms with Crippen LogP contribution in [0.4, 0.5) is 11.4 Å². The van der Waals surface area contributed by atoms with Crippen LogP contribution in [0.2, 0.25) is 5.02 Å². The quantitative estimate of drug-likeness (QED) is 0.904. The Kier molecular flexibility index (Phi) is 4.60. The van der Waals surface area contributed by atoms with Crippen molar-refractivity contribution in [2.75, 3.05) is 10.6 Å². The minimum atomic E-state index is -0.253. The van der Waals surface area contributed by atoms with Crippen LogP contribution in [0.1, 0.15) is 22.8 Å². The van der Waals surface area contributed by atoms with E-state index in [1.807, 2.05) is 19.1 Å². The molecule has 0 aliphatic heterocycles. The van der Waals surface area contributed by atoms with Crippen LogP contribution >= 0.6 is 11.6 Å². The summed E-state index contributed by atoms with van der Waals surface area (Å²) in [4.78, 5) is 23.2. The number of anilines is 2. The van der Waals surface area contributed by atoms with Gasteiger partial charge in [-0.25, -0.2) is 0 Å². The first kappa shape index (κ1) is 15.1. The van der Waals surface area contributed by atoms with E-state index in [4.69, 9.17) is 11.6 Å². The van der Waals surface area contributed by atoms with Crippen LogP contribution in [0, 0.1) is 6.92 Å². The maximum atomic E-state index is 12.2. The number of hydrogen-bond acceptors (Lipinski definition) is 2. The summed E-state index contributed by atoms with van der Waals surface area (Å²) in [6.45, 7) is 3.37. The van der Waals surface area contributed by atoms with Gasteiger partial charge >= 0.3 is 0 Å². The largest absolute Gasteiger partial charge is 0.326 e. The summed E-state index contributed by atoms with van der Waals surface area (Å²) in [6.07, 6.45) is 0. The Bertz CT molecular complexity index is 681. The first-order chi connectivity index (χ1) is 9.95. The molecule has 2 aromatic rings. The Morgan fingerprint density at radius 1 is 1.00 bits per heavy atom. The second-order valence-electron chi connectivity index (χ2n) is 4.70. The summed E-state index contributed by atoms with van der Waals surface area (Å²) in [7, 11) is 0. The highest BCUT2D eigenvalue weighted by molar-refractivity contribution is 6.34. The minimum absolute atomic E-state index is 0.187. The minimum Gasteiger partial charge on any atom is -0.326 e. The Morgan fingerprint density at radius 2 is 1.67 bits per heavy atom. The molecular formula is C16H15ClN2O2. The predicted octanol–water partition coefficient (Wildman–Crippen LogP) is 3.86. The Balaban J connectivity index is 2.20. The molecule has 0 fully saturated rings. The standard InChI is InChI=1S/C16H15ClN2O2/c1-10-3-5-12(6-4-10)16(21)19-15-9-13(18-11(2)20)7-8-14(15)17/h3-9H,1-2H3,(H,18,20)(H,19,21). The summed E-state index contributed by atoms with van der Waals surface area (Å²) < 4.78 is 0. The summed E-state index contributed by atoms with van der Waals surface area (Å²) in [5, 5.41) is 5.79. The van der Waals surface area contributed by atoms with E-state index in [-0.39, 0.29) is 11.8 Å². The van der Waals surface area contributed by atoms with Crippen LogP contribution in [0.5, 0.6) is 0 Å². The second kappa shape index (κ2) is 6.41. The maximum Gasteiger partial charge on any atom is 0.255 e. The van der Waals surface area contributed by atoms with E-state index >= 15 is 0 Å². The fourth-order valence-electron chi connectivity index (χ4n) is 1.80. The van der Waals surface area contributed by atoms with Crippen molar-refractivity contribution >= 4 is 34.8 Å². The maximum absolute atomic E-state index is 12.2. The average Bonchev–Trinajstić information content (AvgIpc) is 2.42. The average molecular weight is 303 g/mol. The molecule has 0 saturated heterocycles.